The number of ether oxygens (including phenoxy) is 2. The van der Waals surface area contributed by atoms with E-state index in [0.29, 0.717) is 18.8 Å². The lowest BCUT2D eigenvalue weighted by atomic mass is 10.1. The van der Waals surface area contributed by atoms with Crippen molar-refractivity contribution in [1.82, 2.24) is 10.5 Å². The molecule has 0 aliphatic carbocycles. The van der Waals surface area contributed by atoms with E-state index >= 15 is 0 Å². The fourth-order valence-electron chi connectivity index (χ4n) is 2.52. The van der Waals surface area contributed by atoms with Crippen LogP contribution in [0, 0.1) is 0 Å². The van der Waals surface area contributed by atoms with Gasteiger partial charge in [-0.3, -0.25) is 4.79 Å². The molecule has 2 saturated heterocycles. The van der Waals surface area contributed by atoms with Gasteiger partial charge >= 0.3 is 0 Å². The molecule has 2 fully saturated rings. The normalized spacial score (nSPS) is 32.3. The third-order valence-corrected chi connectivity index (χ3v) is 3.68. The monoisotopic (exact) mass is 302 g/mol. The highest BCUT2D eigenvalue weighted by Crippen LogP contribution is 2.27. The predicted molar refractivity (Wildman–Crippen MR) is 67.3 cm³/mol. The van der Waals surface area contributed by atoms with Gasteiger partial charge in [0.15, 0.2) is 5.15 Å². The standard InChI is InChI=1S/C12H15ClN2O5/c13-9-3-6(20-15-9)1-2-10(17)14-7-4-18-12-8(16)5-19-11(7)12/h3,7-8,11-12,16H,1-2,4-5H2,(H,14,17)/t7-,8-,11-,12-/m1/s1. The molecule has 2 aliphatic heterocycles. The maximum Gasteiger partial charge on any atom is 0.220 e. The third kappa shape index (κ3) is 2.80. The second-order valence-corrected chi connectivity index (χ2v) is 5.34. The Labute approximate surface area is 120 Å². The topological polar surface area (TPSA) is 93.8 Å². The van der Waals surface area contributed by atoms with Crippen molar-refractivity contribution in [3.63, 3.8) is 0 Å². The zero-order valence-electron chi connectivity index (χ0n) is 10.6. The largest absolute Gasteiger partial charge is 0.388 e. The fourth-order valence-corrected chi connectivity index (χ4v) is 2.68. The summed E-state index contributed by atoms with van der Waals surface area (Å²) in [6, 6.07) is 1.36. The van der Waals surface area contributed by atoms with Crippen molar-refractivity contribution in [2.45, 2.75) is 37.2 Å². The number of aliphatic hydroxyl groups is 1. The van der Waals surface area contributed by atoms with Crippen LogP contribution in [0.2, 0.25) is 5.15 Å². The number of hydrogen-bond acceptors (Lipinski definition) is 6. The molecular formula is C12H15ClN2O5. The lowest BCUT2D eigenvalue weighted by Crippen LogP contribution is -2.44. The number of rotatable bonds is 4. The highest BCUT2D eigenvalue weighted by Gasteiger charge is 2.47. The van der Waals surface area contributed by atoms with E-state index in [4.69, 9.17) is 25.6 Å². The number of aryl methyl sites for hydroxylation is 1. The molecule has 0 unspecified atom stereocenters. The van der Waals surface area contributed by atoms with Crippen molar-refractivity contribution in [2.75, 3.05) is 13.2 Å². The highest BCUT2D eigenvalue weighted by molar-refractivity contribution is 6.29. The first-order valence-corrected chi connectivity index (χ1v) is 6.83. The molecular weight excluding hydrogens is 288 g/mol. The molecule has 4 atom stereocenters. The summed E-state index contributed by atoms with van der Waals surface area (Å²) in [6.07, 6.45) is -0.529. The van der Waals surface area contributed by atoms with Gasteiger partial charge in [-0.05, 0) is 0 Å². The van der Waals surface area contributed by atoms with Crippen molar-refractivity contribution >= 4 is 17.5 Å². The van der Waals surface area contributed by atoms with Crippen molar-refractivity contribution in [3.8, 4) is 0 Å². The minimum Gasteiger partial charge on any atom is -0.388 e. The average molecular weight is 303 g/mol. The first-order chi connectivity index (χ1) is 9.63. The molecule has 0 spiro atoms. The van der Waals surface area contributed by atoms with E-state index in [2.05, 4.69) is 10.5 Å². The van der Waals surface area contributed by atoms with E-state index in [-0.39, 0.29) is 42.3 Å². The molecule has 110 valence electrons. The van der Waals surface area contributed by atoms with Gasteiger partial charge in [-0.2, -0.15) is 0 Å². The van der Waals surface area contributed by atoms with E-state index in [1.165, 1.54) is 0 Å². The Morgan fingerprint density at radius 2 is 2.25 bits per heavy atom. The van der Waals surface area contributed by atoms with Crippen LogP contribution in [0.3, 0.4) is 0 Å². The summed E-state index contributed by atoms with van der Waals surface area (Å²) in [5, 5.41) is 16.3. The fraction of sp³-hybridized carbons (Fsp3) is 0.667. The lowest BCUT2D eigenvalue weighted by Gasteiger charge is -2.17. The maximum absolute atomic E-state index is 11.9. The molecule has 2 aliphatic rings. The molecule has 0 radical (unpaired) electrons. The first-order valence-electron chi connectivity index (χ1n) is 6.45. The minimum absolute atomic E-state index is 0.128. The van der Waals surface area contributed by atoms with E-state index < -0.39 is 6.10 Å². The van der Waals surface area contributed by atoms with Crippen molar-refractivity contribution < 1.29 is 23.9 Å². The summed E-state index contributed by atoms with van der Waals surface area (Å²) < 4.78 is 15.8. The van der Waals surface area contributed by atoms with Gasteiger partial charge in [-0.25, -0.2) is 0 Å². The SMILES string of the molecule is O=C(CCc1cc(Cl)no1)N[C@@H]1CO[C@H]2[C@@H]1OC[C@H]2O. The summed E-state index contributed by atoms with van der Waals surface area (Å²) in [5.74, 6) is 0.440. The van der Waals surface area contributed by atoms with E-state index in [1.54, 1.807) is 6.07 Å². The number of halogens is 1. The van der Waals surface area contributed by atoms with Crippen LogP contribution in [-0.4, -0.2) is 53.7 Å². The first kappa shape index (κ1) is 13.8. The van der Waals surface area contributed by atoms with Crippen LogP contribution < -0.4 is 5.32 Å². The van der Waals surface area contributed by atoms with Crippen LogP contribution in [0.15, 0.2) is 10.6 Å². The Balaban J connectivity index is 1.47. The molecule has 0 bridgehead atoms. The second kappa shape index (κ2) is 5.69. The van der Waals surface area contributed by atoms with Crippen LogP contribution in [0.4, 0.5) is 0 Å². The molecule has 0 aromatic carbocycles. The second-order valence-electron chi connectivity index (χ2n) is 4.95. The van der Waals surface area contributed by atoms with E-state index in [0.717, 1.165) is 0 Å². The number of carbonyl (C=O) groups is 1. The molecule has 1 aromatic heterocycles. The third-order valence-electron chi connectivity index (χ3n) is 3.50. The van der Waals surface area contributed by atoms with Gasteiger partial charge in [-0.15, -0.1) is 0 Å². The maximum atomic E-state index is 11.9. The van der Waals surface area contributed by atoms with Gasteiger partial charge in [-0.1, -0.05) is 16.8 Å². The predicted octanol–water partition coefficient (Wildman–Crippen LogP) is -0.0961. The summed E-state index contributed by atoms with van der Waals surface area (Å²) in [6.45, 7) is 0.602. The molecule has 3 heterocycles. The van der Waals surface area contributed by atoms with Gasteiger partial charge in [0.25, 0.3) is 0 Å². The van der Waals surface area contributed by atoms with E-state index in [1.807, 2.05) is 0 Å². The number of aliphatic hydroxyl groups excluding tert-OH is 1. The molecule has 8 heteroatoms. The Hall–Kier alpha value is -1.15. The summed E-state index contributed by atoms with van der Waals surface area (Å²) in [5.41, 5.74) is 0. The highest BCUT2D eigenvalue weighted by atomic mass is 35.5. The molecule has 0 saturated carbocycles. The number of amides is 1. The number of nitrogens with zero attached hydrogens (tertiary/aromatic N) is 1. The molecule has 1 amide bonds. The van der Waals surface area contributed by atoms with Gasteiger partial charge in [0, 0.05) is 18.9 Å². The van der Waals surface area contributed by atoms with E-state index in [9.17, 15) is 9.90 Å². The van der Waals surface area contributed by atoms with Gasteiger partial charge < -0.3 is 24.4 Å². The van der Waals surface area contributed by atoms with Gasteiger partial charge in [0.05, 0.1) is 19.3 Å². The Bertz CT molecular complexity index is 494. The molecule has 1 aromatic rings. The number of aromatic nitrogens is 1. The van der Waals surface area contributed by atoms with Gasteiger partial charge in [0.2, 0.25) is 5.91 Å². The minimum atomic E-state index is -0.613. The Morgan fingerprint density at radius 1 is 1.45 bits per heavy atom. The van der Waals surface area contributed by atoms with Crippen molar-refractivity contribution in [3.05, 3.63) is 17.0 Å². The molecule has 2 N–H and O–H groups in total. The zero-order valence-corrected chi connectivity index (χ0v) is 11.4. The lowest BCUT2D eigenvalue weighted by molar-refractivity contribution is -0.122. The molecule has 20 heavy (non-hydrogen) atoms. The van der Waals surface area contributed by atoms with Crippen LogP contribution in [0.1, 0.15) is 12.2 Å². The van der Waals surface area contributed by atoms with Crippen LogP contribution >= 0.6 is 11.6 Å². The Kier molecular flexibility index (Phi) is 3.93. The van der Waals surface area contributed by atoms with Crippen molar-refractivity contribution in [2.24, 2.45) is 0 Å². The number of nitrogens with one attached hydrogen (secondary N) is 1. The number of carbonyl (C=O) groups excluding carboxylic acids is 1. The Morgan fingerprint density at radius 3 is 3.00 bits per heavy atom. The van der Waals surface area contributed by atoms with Crippen LogP contribution in [0.25, 0.3) is 0 Å². The number of fused-ring (bicyclic) bond motifs is 1. The quantitative estimate of drug-likeness (QED) is 0.807. The van der Waals surface area contributed by atoms with Crippen LogP contribution in [0.5, 0.6) is 0 Å². The summed E-state index contributed by atoms with van der Waals surface area (Å²) >= 11 is 5.63. The smallest absolute Gasteiger partial charge is 0.220 e. The van der Waals surface area contributed by atoms with Crippen LogP contribution in [-0.2, 0) is 20.7 Å². The average Bonchev–Trinajstić information content (AvgIpc) is 3.08. The number of hydrogen-bond donors (Lipinski definition) is 2. The van der Waals surface area contributed by atoms with Crippen molar-refractivity contribution in [1.29, 1.82) is 0 Å². The summed E-state index contributed by atoms with van der Waals surface area (Å²) in [4.78, 5) is 11.9. The molecule has 7 nitrogen and oxygen atoms in total. The van der Waals surface area contributed by atoms with Gasteiger partial charge in [0.1, 0.15) is 24.1 Å². The zero-order chi connectivity index (χ0) is 14.1. The summed E-state index contributed by atoms with van der Waals surface area (Å²) in [7, 11) is 0. The molecule has 3 rings (SSSR count).